The first kappa shape index (κ1) is 11.5. The van der Waals surface area contributed by atoms with Gasteiger partial charge in [-0.3, -0.25) is 0 Å². The summed E-state index contributed by atoms with van der Waals surface area (Å²) in [5, 5.41) is 0. The maximum absolute atomic E-state index is 6.39. The van der Waals surface area contributed by atoms with Crippen LogP contribution in [0.2, 0.25) is 0 Å². The number of rotatable bonds is 2. The van der Waals surface area contributed by atoms with Gasteiger partial charge in [-0.05, 0) is 49.5 Å². The van der Waals surface area contributed by atoms with Gasteiger partial charge in [0.25, 0.3) is 0 Å². The van der Waals surface area contributed by atoms with E-state index in [2.05, 4.69) is 17.8 Å². The highest BCUT2D eigenvalue weighted by molar-refractivity contribution is 7.99. The summed E-state index contributed by atoms with van der Waals surface area (Å²) in [6.45, 7) is 0. The van der Waals surface area contributed by atoms with Crippen LogP contribution >= 0.6 is 11.8 Å². The van der Waals surface area contributed by atoms with Gasteiger partial charge in [0.2, 0.25) is 0 Å². The number of allylic oxidation sites excluding steroid dienone is 1. The van der Waals surface area contributed by atoms with Gasteiger partial charge in [-0.15, -0.1) is 0 Å². The predicted octanol–water partition coefficient (Wildman–Crippen LogP) is 3.35. The Kier molecular flexibility index (Phi) is 4.58. The first-order valence-electron chi connectivity index (χ1n) is 6.40. The Morgan fingerprint density at radius 2 is 2.13 bits per heavy atom. The zero-order valence-corrected chi connectivity index (χ0v) is 10.4. The Hall–Kier alpha value is 0.0500. The topological polar surface area (TPSA) is 26.0 Å². The largest absolute Gasteiger partial charge is 0.324 e. The summed E-state index contributed by atoms with van der Waals surface area (Å²) in [4.78, 5) is 0. The van der Waals surface area contributed by atoms with Gasteiger partial charge in [-0.25, -0.2) is 0 Å². The summed E-state index contributed by atoms with van der Waals surface area (Å²) in [6.07, 6.45) is 11.9. The van der Waals surface area contributed by atoms with E-state index in [0.717, 1.165) is 5.92 Å². The summed E-state index contributed by atoms with van der Waals surface area (Å²) in [5.41, 5.74) is 7.96. The summed E-state index contributed by atoms with van der Waals surface area (Å²) >= 11 is 2.08. The number of hydrogen-bond donors (Lipinski definition) is 1. The molecule has 1 aliphatic heterocycles. The molecule has 1 saturated heterocycles. The summed E-state index contributed by atoms with van der Waals surface area (Å²) in [5.74, 6) is 3.38. The van der Waals surface area contributed by atoms with E-state index in [-0.39, 0.29) is 0 Å². The van der Waals surface area contributed by atoms with Gasteiger partial charge >= 0.3 is 0 Å². The molecule has 1 aliphatic carbocycles. The molecule has 1 nitrogen and oxygen atoms in total. The maximum Gasteiger partial charge on any atom is 0.0290 e. The minimum Gasteiger partial charge on any atom is -0.324 e. The van der Waals surface area contributed by atoms with Crippen LogP contribution in [-0.2, 0) is 0 Å². The molecule has 0 radical (unpaired) electrons. The second kappa shape index (κ2) is 5.95. The quantitative estimate of drug-likeness (QED) is 0.729. The molecule has 2 atom stereocenters. The fourth-order valence-corrected chi connectivity index (χ4v) is 3.97. The van der Waals surface area contributed by atoms with Crippen LogP contribution in [0.1, 0.15) is 44.9 Å². The predicted molar refractivity (Wildman–Crippen MR) is 69.2 cm³/mol. The summed E-state index contributed by atoms with van der Waals surface area (Å²) < 4.78 is 0. The first-order valence-corrected chi connectivity index (χ1v) is 7.55. The van der Waals surface area contributed by atoms with Crippen LogP contribution in [0.3, 0.4) is 0 Å². The zero-order chi connectivity index (χ0) is 10.5. The monoisotopic (exact) mass is 225 g/mol. The molecule has 15 heavy (non-hydrogen) atoms. The molecular formula is C13H23NS. The smallest absolute Gasteiger partial charge is 0.0290 e. The molecule has 0 saturated carbocycles. The average Bonchev–Trinajstić information content (AvgIpc) is 2.68. The van der Waals surface area contributed by atoms with Crippen molar-refractivity contribution in [3.8, 4) is 0 Å². The lowest BCUT2D eigenvalue weighted by Crippen LogP contribution is -2.32. The zero-order valence-electron chi connectivity index (χ0n) is 9.58. The molecule has 0 amide bonds. The molecule has 2 unspecified atom stereocenters. The molecular weight excluding hydrogens is 202 g/mol. The van der Waals surface area contributed by atoms with Crippen LogP contribution in [0.4, 0.5) is 0 Å². The lowest BCUT2D eigenvalue weighted by atomic mass is 9.88. The van der Waals surface area contributed by atoms with Crippen molar-refractivity contribution in [1.29, 1.82) is 0 Å². The van der Waals surface area contributed by atoms with Gasteiger partial charge in [0, 0.05) is 6.04 Å². The van der Waals surface area contributed by atoms with Crippen molar-refractivity contribution >= 4 is 11.8 Å². The van der Waals surface area contributed by atoms with Crippen LogP contribution in [0.25, 0.3) is 0 Å². The van der Waals surface area contributed by atoms with E-state index in [1.807, 2.05) is 0 Å². The molecule has 0 aromatic heterocycles. The molecule has 1 heterocycles. The van der Waals surface area contributed by atoms with Crippen molar-refractivity contribution in [2.75, 3.05) is 11.5 Å². The molecule has 0 aromatic carbocycles. The normalized spacial score (nSPS) is 30.5. The second-order valence-electron chi connectivity index (χ2n) is 4.88. The fraction of sp³-hybridized carbons (Fsp3) is 0.846. The van der Waals surface area contributed by atoms with Crippen LogP contribution in [0, 0.1) is 5.92 Å². The highest BCUT2D eigenvalue weighted by Gasteiger charge is 2.24. The maximum atomic E-state index is 6.39. The Morgan fingerprint density at radius 1 is 1.27 bits per heavy atom. The highest BCUT2D eigenvalue weighted by atomic mass is 32.2. The Bertz CT molecular complexity index is 219. The Balaban J connectivity index is 1.93. The van der Waals surface area contributed by atoms with E-state index in [0.29, 0.717) is 6.04 Å². The van der Waals surface area contributed by atoms with Crippen molar-refractivity contribution in [3.63, 3.8) is 0 Å². The SMILES string of the molecule is NC(C1=CCCCCCC1)C1CCSC1. The molecule has 2 heteroatoms. The Morgan fingerprint density at radius 3 is 2.93 bits per heavy atom. The van der Waals surface area contributed by atoms with E-state index in [1.165, 1.54) is 56.5 Å². The summed E-state index contributed by atoms with van der Waals surface area (Å²) in [6, 6.07) is 0.373. The molecule has 86 valence electrons. The van der Waals surface area contributed by atoms with Crippen molar-refractivity contribution in [3.05, 3.63) is 11.6 Å². The van der Waals surface area contributed by atoms with Crippen LogP contribution in [-0.4, -0.2) is 17.5 Å². The fourth-order valence-electron chi connectivity index (χ4n) is 2.66. The molecule has 0 spiro atoms. The molecule has 2 rings (SSSR count). The highest BCUT2D eigenvalue weighted by Crippen LogP contribution is 2.30. The van der Waals surface area contributed by atoms with Crippen LogP contribution < -0.4 is 5.73 Å². The van der Waals surface area contributed by atoms with E-state index < -0.39 is 0 Å². The third kappa shape index (κ3) is 3.25. The number of nitrogens with two attached hydrogens (primary N) is 1. The Labute approximate surface area is 97.9 Å². The van der Waals surface area contributed by atoms with Crippen molar-refractivity contribution < 1.29 is 0 Å². The third-order valence-electron chi connectivity index (χ3n) is 3.73. The van der Waals surface area contributed by atoms with E-state index in [4.69, 9.17) is 5.73 Å². The van der Waals surface area contributed by atoms with E-state index in [9.17, 15) is 0 Å². The average molecular weight is 225 g/mol. The van der Waals surface area contributed by atoms with Gasteiger partial charge in [0.05, 0.1) is 0 Å². The van der Waals surface area contributed by atoms with Crippen LogP contribution in [0.15, 0.2) is 11.6 Å². The minimum atomic E-state index is 0.373. The van der Waals surface area contributed by atoms with Gasteiger partial charge in [-0.2, -0.15) is 11.8 Å². The van der Waals surface area contributed by atoms with Gasteiger partial charge in [-0.1, -0.05) is 24.5 Å². The number of thioether (sulfide) groups is 1. The summed E-state index contributed by atoms with van der Waals surface area (Å²) in [7, 11) is 0. The third-order valence-corrected chi connectivity index (χ3v) is 4.92. The van der Waals surface area contributed by atoms with Crippen molar-refractivity contribution in [2.24, 2.45) is 11.7 Å². The molecule has 2 N–H and O–H groups in total. The van der Waals surface area contributed by atoms with Gasteiger partial charge < -0.3 is 5.73 Å². The van der Waals surface area contributed by atoms with Crippen LogP contribution in [0.5, 0.6) is 0 Å². The first-order chi connectivity index (χ1) is 7.38. The molecule has 0 aromatic rings. The minimum absolute atomic E-state index is 0.373. The van der Waals surface area contributed by atoms with Crippen molar-refractivity contribution in [1.82, 2.24) is 0 Å². The number of hydrogen-bond acceptors (Lipinski definition) is 2. The molecule has 2 aliphatic rings. The van der Waals surface area contributed by atoms with E-state index >= 15 is 0 Å². The van der Waals surface area contributed by atoms with E-state index in [1.54, 1.807) is 5.57 Å². The van der Waals surface area contributed by atoms with Gasteiger partial charge in [0.15, 0.2) is 0 Å². The lowest BCUT2D eigenvalue weighted by molar-refractivity contribution is 0.487. The second-order valence-corrected chi connectivity index (χ2v) is 6.03. The standard InChI is InChI=1S/C13H23NS/c14-13(12-8-9-15-10-12)11-6-4-2-1-3-5-7-11/h6,12-13H,1-5,7-10,14H2. The van der Waals surface area contributed by atoms with Gasteiger partial charge in [0.1, 0.15) is 0 Å². The molecule has 0 bridgehead atoms. The lowest BCUT2D eigenvalue weighted by Gasteiger charge is -2.23. The molecule has 1 fully saturated rings. The van der Waals surface area contributed by atoms with Crippen molar-refractivity contribution in [2.45, 2.75) is 51.0 Å².